The molecule has 2 aliphatic rings. The fourth-order valence-corrected chi connectivity index (χ4v) is 3.26. The number of nitrogens with zero attached hydrogens (tertiary/aromatic N) is 1. The summed E-state index contributed by atoms with van der Waals surface area (Å²) in [6.07, 6.45) is 6.98. The predicted molar refractivity (Wildman–Crippen MR) is 61.6 cm³/mol. The largest absolute Gasteiger partial charge is 0.391 e. The second-order valence-electron chi connectivity index (χ2n) is 5.23. The highest BCUT2D eigenvalue weighted by molar-refractivity contribution is 4.93. The first-order valence-corrected chi connectivity index (χ1v) is 6.39. The van der Waals surface area contributed by atoms with Crippen molar-refractivity contribution in [1.29, 1.82) is 0 Å². The van der Waals surface area contributed by atoms with Crippen molar-refractivity contribution in [1.82, 2.24) is 4.90 Å². The number of aliphatic hydroxyl groups excluding tert-OH is 1. The summed E-state index contributed by atoms with van der Waals surface area (Å²) in [5, 5.41) is 9.96. The van der Waals surface area contributed by atoms with E-state index in [-0.39, 0.29) is 12.1 Å². The molecule has 88 valence electrons. The molecule has 0 bridgehead atoms. The summed E-state index contributed by atoms with van der Waals surface area (Å²) in [4.78, 5) is 2.49. The Morgan fingerprint density at radius 3 is 2.60 bits per heavy atom. The van der Waals surface area contributed by atoms with E-state index >= 15 is 0 Å². The van der Waals surface area contributed by atoms with Crippen molar-refractivity contribution in [3.63, 3.8) is 0 Å². The molecule has 1 heterocycles. The number of nitrogens with two attached hydrogens (primary N) is 1. The van der Waals surface area contributed by atoms with Crippen LogP contribution in [0.5, 0.6) is 0 Å². The molecule has 0 amide bonds. The van der Waals surface area contributed by atoms with E-state index in [4.69, 9.17) is 5.73 Å². The minimum atomic E-state index is -0.107. The predicted octanol–water partition coefficient (Wildman–Crippen LogP) is 1.10. The molecule has 2 rings (SSSR count). The average molecular weight is 212 g/mol. The van der Waals surface area contributed by atoms with Crippen LogP contribution in [0.25, 0.3) is 0 Å². The highest BCUT2D eigenvalue weighted by Crippen LogP contribution is 2.30. The summed E-state index contributed by atoms with van der Waals surface area (Å²) in [6.45, 7) is 3.23. The maximum atomic E-state index is 9.96. The highest BCUT2D eigenvalue weighted by atomic mass is 16.3. The van der Waals surface area contributed by atoms with E-state index in [1.54, 1.807) is 0 Å². The third-order valence-electron chi connectivity index (χ3n) is 4.07. The molecule has 4 unspecified atom stereocenters. The van der Waals surface area contributed by atoms with Gasteiger partial charge in [0, 0.05) is 18.1 Å². The van der Waals surface area contributed by atoms with E-state index in [2.05, 4.69) is 11.8 Å². The molecule has 2 fully saturated rings. The zero-order valence-electron chi connectivity index (χ0n) is 9.73. The van der Waals surface area contributed by atoms with Gasteiger partial charge in [0.1, 0.15) is 0 Å². The van der Waals surface area contributed by atoms with Crippen molar-refractivity contribution in [3.8, 4) is 0 Å². The Morgan fingerprint density at radius 1 is 1.20 bits per heavy atom. The SMILES string of the molecule is CC(N)C1CCCCN1C1CCCC1O. The number of rotatable bonds is 2. The van der Waals surface area contributed by atoms with Gasteiger partial charge in [0.15, 0.2) is 0 Å². The lowest BCUT2D eigenvalue weighted by Gasteiger charge is -2.42. The molecule has 4 atom stereocenters. The van der Waals surface area contributed by atoms with Gasteiger partial charge in [0.25, 0.3) is 0 Å². The van der Waals surface area contributed by atoms with Crippen molar-refractivity contribution in [2.24, 2.45) is 5.73 Å². The Hall–Kier alpha value is -0.120. The second-order valence-corrected chi connectivity index (χ2v) is 5.23. The van der Waals surface area contributed by atoms with E-state index in [1.165, 1.54) is 25.7 Å². The van der Waals surface area contributed by atoms with E-state index < -0.39 is 0 Å². The molecule has 1 aliphatic carbocycles. The Morgan fingerprint density at radius 2 is 2.00 bits per heavy atom. The van der Waals surface area contributed by atoms with Gasteiger partial charge in [-0.05, 0) is 45.6 Å². The summed E-state index contributed by atoms with van der Waals surface area (Å²) in [5.74, 6) is 0. The van der Waals surface area contributed by atoms with E-state index in [0.29, 0.717) is 12.1 Å². The number of likely N-dealkylation sites (tertiary alicyclic amines) is 1. The summed E-state index contributed by atoms with van der Waals surface area (Å²) >= 11 is 0. The molecule has 3 nitrogen and oxygen atoms in total. The van der Waals surface area contributed by atoms with Gasteiger partial charge in [0.05, 0.1) is 6.10 Å². The topological polar surface area (TPSA) is 49.5 Å². The zero-order valence-corrected chi connectivity index (χ0v) is 9.73. The van der Waals surface area contributed by atoms with Crippen LogP contribution in [0.4, 0.5) is 0 Å². The van der Waals surface area contributed by atoms with Crippen LogP contribution in [0.2, 0.25) is 0 Å². The van der Waals surface area contributed by atoms with Gasteiger partial charge < -0.3 is 10.8 Å². The maximum Gasteiger partial charge on any atom is 0.0695 e. The third kappa shape index (κ3) is 2.35. The van der Waals surface area contributed by atoms with Crippen molar-refractivity contribution >= 4 is 0 Å². The summed E-state index contributed by atoms with van der Waals surface area (Å²) in [5.41, 5.74) is 6.05. The number of hydrogen-bond donors (Lipinski definition) is 2. The van der Waals surface area contributed by atoms with E-state index in [9.17, 15) is 5.11 Å². The molecule has 1 aliphatic heterocycles. The van der Waals surface area contributed by atoms with Crippen LogP contribution in [0.15, 0.2) is 0 Å². The van der Waals surface area contributed by atoms with Gasteiger partial charge in [-0.1, -0.05) is 6.42 Å². The molecule has 1 saturated carbocycles. The van der Waals surface area contributed by atoms with Crippen molar-refractivity contribution in [2.45, 2.75) is 69.7 Å². The van der Waals surface area contributed by atoms with Crippen molar-refractivity contribution in [2.75, 3.05) is 6.54 Å². The van der Waals surface area contributed by atoms with Gasteiger partial charge in [-0.25, -0.2) is 0 Å². The molecule has 3 N–H and O–H groups in total. The van der Waals surface area contributed by atoms with Crippen LogP contribution in [-0.2, 0) is 0 Å². The average Bonchev–Trinajstić information content (AvgIpc) is 2.64. The second kappa shape index (κ2) is 4.81. The maximum absolute atomic E-state index is 9.96. The molecular weight excluding hydrogens is 188 g/mol. The van der Waals surface area contributed by atoms with Gasteiger partial charge in [-0.2, -0.15) is 0 Å². The third-order valence-corrected chi connectivity index (χ3v) is 4.07. The molecule has 0 aromatic heterocycles. The van der Waals surface area contributed by atoms with Crippen molar-refractivity contribution in [3.05, 3.63) is 0 Å². The fraction of sp³-hybridized carbons (Fsp3) is 1.00. The molecule has 3 heteroatoms. The van der Waals surface area contributed by atoms with E-state index in [1.807, 2.05) is 0 Å². The Labute approximate surface area is 92.6 Å². The Kier molecular flexibility index (Phi) is 3.65. The lowest BCUT2D eigenvalue weighted by molar-refractivity contribution is 0.0183. The molecule has 0 aromatic carbocycles. The summed E-state index contributed by atoms with van der Waals surface area (Å²) < 4.78 is 0. The minimum Gasteiger partial charge on any atom is -0.391 e. The molecule has 0 aromatic rings. The van der Waals surface area contributed by atoms with Crippen LogP contribution >= 0.6 is 0 Å². The van der Waals surface area contributed by atoms with Crippen LogP contribution in [0.1, 0.15) is 45.4 Å². The minimum absolute atomic E-state index is 0.107. The monoisotopic (exact) mass is 212 g/mol. The summed E-state index contributed by atoms with van der Waals surface area (Å²) in [7, 11) is 0. The number of aliphatic hydroxyl groups is 1. The van der Waals surface area contributed by atoms with Gasteiger partial charge in [-0.15, -0.1) is 0 Å². The molecule has 0 radical (unpaired) electrons. The van der Waals surface area contributed by atoms with Crippen LogP contribution in [-0.4, -0.2) is 40.8 Å². The smallest absolute Gasteiger partial charge is 0.0695 e. The van der Waals surface area contributed by atoms with Crippen LogP contribution < -0.4 is 5.73 Å². The van der Waals surface area contributed by atoms with Crippen LogP contribution in [0.3, 0.4) is 0 Å². The molecule has 15 heavy (non-hydrogen) atoms. The van der Waals surface area contributed by atoms with Crippen LogP contribution in [0, 0.1) is 0 Å². The van der Waals surface area contributed by atoms with Gasteiger partial charge >= 0.3 is 0 Å². The van der Waals surface area contributed by atoms with Gasteiger partial charge in [0.2, 0.25) is 0 Å². The quantitative estimate of drug-likeness (QED) is 0.720. The Balaban J connectivity index is 2.03. The highest BCUT2D eigenvalue weighted by Gasteiger charge is 2.36. The molecule has 0 spiro atoms. The normalized spacial score (nSPS) is 40.6. The first-order chi connectivity index (χ1) is 7.20. The number of hydrogen-bond acceptors (Lipinski definition) is 3. The lowest BCUT2D eigenvalue weighted by Crippen LogP contribution is -2.55. The van der Waals surface area contributed by atoms with E-state index in [0.717, 1.165) is 19.4 Å². The Bertz CT molecular complexity index is 206. The standard InChI is InChI=1S/C12H24N2O/c1-9(13)10-5-2-3-8-14(10)11-6-4-7-12(11)15/h9-12,15H,2-8,13H2,1H3. The lowest BCUT2D eigenvalue weighted by atomic mass is 9.94. The first-order valence-electron chi connectivity index (χ1n) is 6.39. The fourth-order valence-electron chi connectivity index (χ4n) is 3.26. The molecular formula is C12H24N2O. The van der Waals surface area contributed by atoms with Crippen molar-refractivity contribution < 1.29 is 5.11 Å². The number of piperidine rings is 1. The van der Waals surface area contributed by atoms with Gasteiger partial charge in [-0.3, -0.25) is 4.90 Å². The first kappa shape index (κ1) is 11.4. The zero-order chi connectivity index (χ0) is 10.8. The molecule has 1 saturated heterocycles. The summed E-state index contributed by atoms with van der Waals surface area (Å²) in [6, 6.07) is 1.12.